The molecule has 22 heavy (non-hydrogen) atoms. The number of hydrogen-bond acceptors (Lipinski definition) is 2. The topological polar surface area (TPSA) is 46.9 Å². The van der Waals surface area contributed by atoms with Crippen molar-refractivity contribution in [3.63, 3.8) is 0 Å². The summed E-state index contributed by atoms with van der Waals surface area (Å²) in [6.07, 6.45) is 6.80. The Hall–Kier alpha value is -2.24. The van der Waals surface area contributed by atoms with Gasteiger partial charge in [-0.25, -0.2) is 13.8 Å². The average molecular weight is 305 g/mol. The van der Waals surface area contributed by atoms with Gasteiger partial charge in [0.05, 0.1) is 11.9 Å². The summed E-state index contributed by atoms with van der Waals surface area (Å²) in [5.74, 6) is -1.38. The van der Waals surface area contributed by atoms with E-state index in [2.05, 4.69) is 10.3 Å². The Kier molecular flexibility index (Phi) is 3.68. The second kappa shape index (κ2) is 5.51. The third kappa shape index (κ3) is 3.00. The molecule has 0 spiro atoms. The summed E-state index contributed by atoms with van der Waals surface area (Å²) in [4.78, 5) is 16.2. The quantitative estimate of drug-likeness (QED) is 0.923. The van der Waals surface area contributed by atoms with Crippen LogP contribution in [-0.2, 0) is 10.3 Å². The van der Waals surface area contributed by atoms with Crippen molar-refractivity contribution in [2.75, 3.05) is 0 Å². The summed E-state index contributed by atoms with van der Waals surface area (Å²) in [7, 11) is 0. The predicted octanol–water partition coefficient (Wildman–Crippen LogP) is 2.92. The molecule has 1 aromatic heterocycles. The first kappa shape index (κ1) is 14.7. The molecular weight excluding hydrogens is 288 g/mol. The molecule has 3 rings (SSSR count). The molecule has 1 N–H and O–H groups in total. The largest absolute Gasteiger partial charge is 0.347 e. The van der Waals surface area contributed by atoms with E-state index in [0.717, 1.165) is 6.07 Å². The van der Waals surface area contributed by atoms with Gasteiger partial charge in [-0.3, -0.25) is 4.79 Å². The Labute approximate surface area is 127 Å². The number of carbonyl (C=O) groups is 1. The maximum Gasteiger partial charge on any atom is 0.222 e. The molecule has 4 nitrogen and oxygen atoms in total. The lowest BCUT2D eigenvalue weighted by atomic mass is 10.0. The van der Waals surface area contributed by atoms with E-state index in [-0.39, 0.29) is 18.4 Å². The van der Waals surface area contributed by atoms with Crippen molar-refractivity contribution in [3.05, 3.63) is 54.1 Å². The third-order valence-corrected chi connectivity index (χ3v) is 4.06. The molecule has 2 aromatic rings. The van der Waals surface area contributed by atoms with Crippen LogP contribution in [0.25, 0.3) is 0 Å². The monoisotopic (exact) mass is 305 g/mol. The lowest BCUT2D eigenvalue weighted by molar-refractivity contribution is -0.122. The van der Waals surface area contributed by atoms with Gasteiger partial charge in [0.1, 0.15) is 11.6 Å². The van der Waals surface area contributed by atoms with Crippen LogP contribution in [0, 0.1) is 11.6 Å². The van der Waals surface area contributed by atoms with Gasteiger partial charge in [-0.2, -0.15) is 0 Å². The molecule has 0 unspecified atom stereocenters. The number of hydrogen-bond donors (Lipinski definition) is 1. The maximum atomic E-state index is 13.4. The zero-order valence-corrected chi connectivity index (χ0v) is 12.2. The van der Waals surface area contributed by atoms with Crippen molar-refractivity contribution in [3.8, 4) is 0 Å². The molecule has 1 saturated carbocycles. The van der Waals surface area contributed by atoms with Crippen molar-refractivity contribution in [1.82, 2.24) is 14.9 Å². The third-order valence-electron chi connectivity index (χ3n) is 4.06. The first-order chi connectivity index (χ1) is 10.5. The Balaban J connectivity index is 1.68. The normalized spacial score (nSPS) is 17.0. The summed E-state index contributed by atoms with van der Waals surface area (Å²) in [6.45, 7) is 1.92. The van der Waals surface area contributed by atoms with Crippen LogP contribution in [0.15, 0.2) is 36.9 Å². The minimum absolute atomic E-state index is 0.0254. The van der Waals surface area contributed by atoms with E-state index in [1.54, 1.807) is 18.7 Å². The van der Waals surface area contributed by atoms with Crippen LogP contribution in [0.3, 0.4) is 0 Å². The van der Waals surface area contributed by atoms with Crippen molar-refractivity contribution in [1.29, 1.82) is 0 Å². The van der Waals surface area contributed by atoms with E-state index in [1.165, 1.54) is 12.1 Å². The Bertz CT molecular complexity index is 660. The second-order valence-electron chi connectivity index (χ2n) is 5.85. The number of halogens is 2. The number of carbonyl (C=O) groups excluding carboxylic acids is 1. The summed E-state index contributed by atoms with van der Waals surface area (Å²) in [6, 6.07) is 3.39. The van der Waals surface area contributed by atoms with E-state index in [1.807, 2.05) is 11.5 Å². The van der Waals surface area contributed by atoms with E-state index < -0.39 is 17.2 Å². The molecule has 1 atom stereocenters. The summed E-state index contributed by atoms with van der Waals surface area (Å²) >= 11 is 0. The minimum atomic E-state index is -0.623. The molecule has 1 aliphatic rings. The highest BCUT2D eigenvalue weighted by Crippen LogP contribution is 2.46. The first-order valence-electron chi connectivity index (χ1n) is 7.23. The summed E-state index contributed by atoms with van der Waals surface area (Å²) in [5.41, 5.74) is -0.122. The van der Waals surface area contributed by atoms with Gasteiger partial charge in [0.25, 0.3) is 0 Å². The van der Waals surface area contributed by atoms with Crippen molar-refractivity contribution < 1.29 is 13.6 Å². The predicted molar refractivity (Wildman–Crippen MR) is 77.0 cm³/mol. The highest BCUT2D eigenvalue weighted by Gasteiger charge is 2.46. The van der Waals surface area contributed by atoms with Gasteiger partial charge >= 0.3 is 0 Å². The molecule has 1 fully saturated rings. The van der Waals surface area contributed by atoms with Crippen molar-refractivity contribution in [2.45, 2.75) is 37.8 Å². The minimum Gasteiger partial charge on any atom is -0.347 e. The molecule has 116 valence electrons. The van der Waals surface area contributed by atoms with Crippen molar-refractivity contribution in [2.24, 2.45) is 0 Å². The van der Waals surface area contributed by atoms with E-state index in [0.29, 0.717) is 18.4 Å². The van der Waals surface area contributed by atoms with Gasteiger partial charge in [0, 0.05) is 30.9 Å². The molecule has 1 heterocycles. The number of rotatable bonds is 5. The van der Waals surface area contributed by atoms with Crippen LogP contribution in [-0.4, -0.2) is 15.5 Å². The Morgan fingerprint density at radius 1 is 1.36 bits per heavy atom. The lowest BCUT2D eigenvalue weighted by Gasteiger charge is -2.20. The molecule has 0 bridgehead atoms. The fraction of sp³-hybridized carbons (Fsp3) is 0.375. The summed E-state index contributed by atoms with van der Waals surface area (Å²) in [5, 5.41) is 2.92. The number of nitrogens with one attached hydrogen (secondary N) is 1. The average Bonchev–Trinajstić information content (AvgIpc) is 3.01. The van der Waals surface area contributed by atoms with Crippen LogP contribution < -0.4 is 5.32 Å². The lowest BCUT2D eigenvalue weighted by Crippen LogP contribution is -2.36. The standard InChI is InChI=1S/C16H17F2N3O/c1-11(21-5-4-19-10-21)6-15(22)20-16(2-3-16)12-7-13(17)9-14(18)8-12/h4-5,7-11H,2-3,6H2,1H3,(H,20,22)/t11-/m1/s1. The van der Waals surface area contributed by atoms with Gasteiger partial charge in [0.15, 0.2) is 0 Å². The van der Waals surface area contributed by atoms with E-state index in [9.17, 15) is 13.6 Å². The molecule has 1 amide bonds. The van der Waals surface area contributed by atoms with Gasteiger partial charge in [-0.05, 0) is 37.5 Å². The fourth-order valence-corrected chi connectivity index (χ4v) is 2.66. The van der Waals surface area contributed by atoms with Gasteiger partial charge < -0.3 is 9.88 Å². The van der Waals surface area contributed by atoms with Crippen LogP contribution in [0.4, 0.5) is 8.78 Å². The number of nitrogens with zero attached hydrogens (tertiary/aromatic N) is 2. The van der Waals surface area contributed by atoms with Gasteiger partial charge in [-0.1, -0.05) is 0 Å². The number of benzene rings is 1. The van der Waals surface area contributed by atoms with E-state index >= 15 is 0 Å². The number of imidazole rings is 1. The molecule has 0 saturated heterocycles. The number of amides is 1. The molecule has 0 radical (unpaired) electrons. The molecule has 0 aliphatic heterocycles. The van der Waals surface area contributed by atoms with Gasteiger partial charge in [0.2, 0.25) is 5.91 Å². The van der Waals surface area contributed by atoms with E-state index in [4.69, 9.17) is 0 Å². The molecule has 6 heteroatoms. The zero-order chi connectivity index (χ0) is 15.7. The number of aromatic nitrogens is 2. The maximum absolute atomic E-state index is 13.4. The molecule has 1 aromatic carbocycles. The summed E-state index contributed by atoms with van der Waals surface area (Å²) < 4.78 is 28.6. The Morgan fingerprint density at radius 3 is 2.59 bits per heavy atom. The van der Waals surface area contributed by atoms with Crippen LogP contribution in [0.2, 0.25) is 0 Å². The molecular formula is C16H17F2N3O. The first-order valence-corrected chi connectivity index (χ1v) is 7.23. The van der Waals surface area contributed by atoms with Gasteiger partial charge in [-0.15, -0.1) is 0 Å². The fourth-order valence-electron chi connectivity index (χ4n) is 2.66. The zero-order valence-electron chi connectivity index (χ0n) is 12.2. The highest BCUT2D eigenvalue weighted by molar-refractivity contribution is 5.78. The van der Waals surface area contributed by atoms with Crippen LogP contribution >= 0.6 is 0 Å². The second-order valence-corrected chi connectivity index (χ2v) is 5.85. The van der Waals surface area contributed by atoms with Crippen LogP contribution in [0.1, 0.15) is 37.8 Å². The smallest absolute Gasteiger partial charge is 0.222 e. The van der Waals surface area contributed by atoms with Crippen LogP contribution in [0.5, 0.6) is 0 Å². The Morgan fingerprint density at radius 2 is 2.05 bits per heavy atom. The SMILES string of the molecule is C[C@H](CC(=O)NC1(c2cc(F)cc(F)c2)CC1)n1ccnc1. The molecule has 1 aliphatic carbocycles. The van der Waals surface area contributed by atoms with Crippen molar-refractivity contribution >= 4 is 5.91 Å². The highest BCUT2D eigenvalue weighted by atomic mass is 19.1.